The van der Waals surface area contributed by atoms with Crippen LogP contribution in [0.1, 0.15) is 19.5 Å². The van der Waals surface area contributed by atoms with E-state index in [0.717, 1.165) is 5.69 Å². The second-order valence-corrected chi connectivity index (χ2v) is 1.76. The molecule has 0 N–H and O–H groups in total. The Kier molecular flexibility index (Phi) is 2.51. The van der Waals surface area contributed by atoms with Crippen molar-refractivity contribution in [3.8, 4) is 0 Å². The van der Waals surface area contributed by atoms with Gasteiger partial charge < -0.3 is 0 Å². The molecule has 2 heterocycles. The topological polar surface area (TPSA) is 17.8 Å². The first kappa shape index (κ1) is 7.62. The third-order valence-corrected chi connectivity index (χ3v) is 1.19. The third-order valence-electron chi connectivity index (χ3n) is 1.19. The van der Waals surface area contributed by atoms with Gasteiger partial charge in [0.15, 0.2) is 0 Å². The van der Waals surface area contributed by atoms with Crippen LogP contribution in [0.5, 0.6) is 0 Å². The van der Waals surface area contributed by atoms with Crippen LogP contribution >= 0.6 is 0 Å². The first-order valence-corrected chi connectivity index (χ1v) is 3.68. The highest BCUT2D eigenvalue weighted by molar-refractivity contribution is 5.50. The Bertz CT molecular complexity index is 291. The summed E-state index contributed by atoms with van der Waals surface area (Å²) in [6.07, 6.45) is 5.33. The predicted octanol–water partition coefficient (Wildman–Crippen LogP) is 2.16. The Hall–Kier alpha value is -1.49. The van der Waals surface area contributed by atoms with Crippen LogP contribution in [0, 0.1) is 0 Å². The summed E-state index contributed by atoms with van der Waals surface area (Å²) in [4.78, 5) is 0. The van der Waals surface area contributed by atoms with E-state index in [4.69, 9.17) is 0 Å². The van der Waals surface area contributed by atoms with E-state index in [9.17, 15) is 0 Å². The summed E-state index contributed by atoms with van der Waals surface area (Å²) in [6, 6.07) is 1.92. The molecule has 0 saturated heterocycles. The van der Waals surface area contributed by atoms with Crippen LogP contribution in [-0.2, 0) is 0 Å². The van der Waals surface area contributed by atoms with Gasteiger partial charge in [0, 0.05) is 6.08 Å². The summed E-state index contributed by atoms with van der Waals surface area (Å²) < 4.78 is 1.75. The molecule has 0 atom stereocenters. The van der Waals surface area contributed by atoms with Gasteiger partial charge >= 0.3 is 0 Å². The first-order chi connectivity index (χ1) is 5.47. The zero-order chi connectivity index (χ0) is 8.10. The molecule has 11 heavy (non-hydrogen) atoms. The van der Waals surface area contributed by atoms with Crippen LogP contribution < -0.4 is 0 Å². The van der Waals surface area contributed by atoms with Gasteiger partial charge in [0.05, 0.1) is 18.1 Å². The van der Waals surface area contributed by atoms with Crippen molar-refractivity contribution in [2.75, 3.05) is 0 Å². The van der Waals surface area contributed by atoms with Gasteiger partial charge in [-0.25, -0.2) is 4.68 Å². The van der Waals surface area contributed by atoms with Gasteiger partial charge in [0.1, 0.15) is 0 Å². The van der Waals surface area contributed by atoms with Gasteiger partial charge in [-0.15, -0.1) is 0 Å². The minimum atomic E-state index is 1.05. The van der Waals surface area contributed by atoms with E-state index in [-0.39, 0.29) is 0 Å². The van der Waals surface area contributed by atoms with Crippen molar-refractivity contribution in [1.82, 2.24) is 9.78 Å². The third kappa shape index (κ3) is 1.50. The molecule has 56 valence electrons. The summed E-state index contributed by atoms with van der Waals surface area (Å²) >= 11 is 0. The van der Waals surface area contributed by atoms with E-state index in [0.29, 0.717) is 0 Å². The zero-order valence-electron chi connectivity index (χ0n) is 6.70. The van der Waals surface area contributed by atoms with Crippen LogP contribution in [0.2, 0.25) is 0 Å². The van der Waals surface area contributed by atoms with E-state index in [1.165, 1.54) is 0 Å². The maximum atomic E-state index is 3.98. The van der Waals surface area contributed by atoms with E-state index in [1.807, 2.05) is 26.0 Å². The molecule has 1 aliphatic heterocycles. The fourth-order valence-electron chi connectivity index (χ4n) is 0.761. The molecule has 0 spiro atoms. The zero-order valence-corrected chi connectivity index (χ0v) is 6.70. The predicted molar refractivity (Wildman–Crippen MR) is 45.8 cm³/mol. The lowest BCUT2D eigenvalue weighted by Gasteiger charge is -1.93. The van der Waals surface area contributed by atoms with Crippen molar-refractivity contribution in [3.63, 3.8) is 0 Å². The minimum absolute atomic E-state index is 1.05. The van der Waals surface area contributed by atoms with E-state index in [2.05, 4.69) is 16.6 Å². The average molecular weight is 146 g/mol. The van der Waals surface area contributed by atoms with Gasteiger partial charge in [0.25, 0.3) is 0 Å². The Balaban J connectivity index is 0.000000281. The summed E-state index contributed by atoms with van der Waals surface area (Å²) in [5, 5.41) is 3.98. The molecule has 1 aliphatic rings. The van der Waals surface area contributed by atoms with Gasteiger partial charge in [-0.05, 0) is 11.8 Å². The molecule has 1 aromatic rings. The molecule has 0 bridgehead atoms. The maximum absolute atomic E-state index is 3.98. The molecule has 0 amide bonds. The molecule has 0 radical (unpaired) electrons. The molecule has 1 aromatic heterocycles. The monoisotopic (exact) mass is 146 g/mol. The van der Waals surface area contributed by atoms with Gasteiger partial charge in [-0.3, -0.25) is 0 Å². The van der Waals surface area contributed by atoms with Crippen molar-refractivity contribution < 1.29 is 0 Å². The normalized spacial score (nSPS) is 10.4. The first-order valence-electron chi connectivity index (χ1n) is 3.68. The van der Waals surface area contributed by atoms with Crippen LogP contribution in [0.25, 0.3) is 12.3 Å². The smallest absolute Gasteiger partial charge is 0.0793 e. The summed E-state index contributed by atoms with van der Waals surface area (Å²) in [5.74, 6) is 0. The molecule has 2 nitrogen and oxygen atoms in total. The van der Waals surface area contributed by atoms with Crippen molar-refractivity contribution in [2.45, 2.75) is 13.8 Å². The number of hydrogen-bond acceptors (Lipinski definition) is 1. The van der Waals surface area contributed by atoms with E-state index < -0.39 is 0 Å². The molecular formula is C9H10N2. The van der Waals surface area contributed by atoms with Crippen molar-refractivity contribution in [1.29, 1.82) is 0 Å². The number of fused-ring (bicyclic) bond motifs is 1. The standard InChI is InChI=1S/C7H4N2.C2H6/c1-2-6-9-7(3-1)4-5-8-9;1-2/h3-6H;1-2H3. The van der Waals surface area contributed by atoms with E-state index in [1.54, 1.807) is 17.1 Å². The van der Waals surface area contributed by atoms with Crippen molar-refractivity contribution in [2.24, 2.45) is 0 Å². The quantitative estimate of drug-likeness (QED) is 0.521. The van der Waals surface area contributed by atoms with E-state index >= 15 is 0 Å². The molecule has 2 heteroatoms. The highest BCUT2D eigenvalue weighted by Gasteiger charge is 1.93. The molecular weight excluding hydrogens is 136 g/mol. The summed E-state index contributed by atoms with van der Waals surface area (Å²) in [6.45, 7) is 4.00. The van der Waals surface area contributed by atoms with Crippen LogP contribution in [0.15, 0.2) is 23.7 Å². The lowest BCUT2D eigenvalue weighted by Crippen LogP contribution is -1.90. The van der Waals surface area contributed by atoms with Crippen molar-refractivity contribution in [3.05, 3.63) is 29.4 Å². The molecule has 0 aliphatic carbocycles. The minimum Gasteiger partial charge on any atom is -0.232 e. The average Bonchev–Trinajstić information content (AvgIpc) is 2.55. The van der Waals surface area contributed by atoms with Gasteiger partial charge in [-0.1, -0.05) is 19.6 Å². The fraction of sp³-hybridized carbons (Fsp3) is 0.222. The lowest BCUT2D eigenvalue weighted by atomic mass is 10.4. The van der Waals surface area contributed by atoms with Crippen LogP contribution in [0.3, 0.4) is 0 Å². The molecule has 0 unspecified atom stereocenters. The Morgan fingerprint density at radius 2 is 2.18 bits per heavy atom. The lowest BCUT2D eigenvalue weighted by molar-refractivity contribution is 0.924. The summed E-state index contributed by atoms with van der Waals surface area (Å²) in [7, 11) is 0. The highest BCUT2D eigenvalue weighted by atomic mass is 15.3. The number of aromatic nitrogens is 2. The number of nitrogens with zero attached hydrogens (tertiary/aromatic N) is 2. The number of rotatable bonds is 0. The molecule has 0 fully saturated rings. The molecule has 0 aromatic carbocycles. The second kappa shape index (κ2) is 3.62. The van der Waals surface area contributed by atoms with Gasteiger partial charge in [-0.2, -0.15) is 5.10 Å². The van der Waals surface area contributed by atoms with Crippen LogP contribution in [-0.4, -0.2) is 9.78 Å². The Morgan fingerprint density at radius 3 is 2.91 bits per heavy atom. The van der Waals surface area contributed by atoms with Gasteiger partial charge in [0.2, 0.25) is 0 Å². The maximum Gasteiger partial charge on any atom is 0.0793 e. The number of hydrogen-bond donors (Lipinski definition) is 0. The Labute approximate surface area is 66.2 Å². The van der Waals surface area contributed by atoms with Crippen LogP contribution in [0.4, 0.5) is 0 Å². The fourth-order valence-corrected chi connectivity index (χ4v) is 0.761. The summed E-state index contributed by atoms with van der Waals surface area (Å²) in [5.41, 5.74) is 6.68. The SMILES string of the molecule is C1=C=Cn2nccc2C=1.CC. The molecule has 2 rings (SSSR count). The largest absolute Gasteiger partial charge is 0.232 e. The Morgan fingerprint density at radius 1 is 1.36 bits per heavy atom. The van der Waals surface area contributed by atoms with Crippen molar-refractivity contribution >= 4 is 12.3 Å². The highest BCUT2D eigenvalue weighted by Crippen LogP contribution is 2.02. The second-order valence-electron chi connectivity index (χ2n) is 1.76. The molecule has 0 saturated carbocycles.